The Bertz CT molecular complexity index is 483. The Morgan fingerprint density at radius 2 is 1.88 bits per heavy atom. The number of hydrogen-bond acceptors (Lipinski definition) is 3. The SMILES string of the molecule is Cl.Cl.OC1CCCCC1C(CN1CCNCC1)c1cccc(Cl)c1. The smallest absolute Gasteiger partial charge is 0.0574 e. The van der Waals surface area contributed by atoms with Crippen molar-refractivity contribution in [3.8, 4) is 0 Å². The van der Waals surface area contributed by atoms with Gasteiger partial charge in [-0.2, -0.15) is 0 Å². The molecule has 2 aliphatic rings. The van der Waals surface area contributed by atoms with E-state index in [1.165, 1.54) is 12.0 Å². The van der Waals surface area contributed by atoms with Crippen LogP contribution in [0.1, 0.15) is 37.2 Å². The fourth-order valence-corrected chi connectivity index (χ4v) is 4.21. The molecule has 2 fully saturated rings. The summed E-state index contributed by atoms with van der Waals surface area (Å²) in [5.74, 6) is 0.745. The highest BCUT2D eigenvalue weighted by molar-refractivity contribution is 6.30. The van der Waals surface area contributed by atoms with Crippen molar-refractivity contribution >= 4 is 36.4 Å². The van der Waals surface area contributed by atoms with Crippen LogP contribution in [0, 0.1) is 5.92 Å². The lowest BCUT2D eigenvalue weighted by Crippen LogP contribution is -2.46. The minimum Gasteiger partial charge on any atom is -0.393 e. The highest BCUT2D eigenvalue weighted by atomic mass is 35.5. The molecular weight excluding hydrogens is 367 g/mol. The number of rotatable bonds is 4. The first-order valence-electron chi connectivity index (χ1n) is 8.60. The summed E-state index contributed by atoms with van der Waals surface area (Å²) in [5.41, 5.74) is 1.29. The number of nitrogens with one attached hydrogen (secondary N) is 1. The van der Waals surface area contributed by atoms with Gasteiger partial charge in [0, 0.05) is 43.7 Å². The zero-order valence-corrected chi connectivity index (χ0v) is 16.4. The first-order chi connectivity index (χ1) is 10.7. The van der Waals surface area contributed by atoms with E-state index in [4.69, 9.17) is 11.6 Å². The Morgan fingerprint density at radius 1 is 1.17 bits per heavy atom. The molecule has 1 heterocycles. The second-order valence-electron chi connectivity index (χ2n) is 6.73. The van der Waals surface area contributed by atoms with Gasteiger partial charge in [-0.3, -0.25) is 0 Å². The van der Waals surface area contributed by atoms with E-state index in [0.29, 0.717) is 11.8 Å². The average molecular weight is 396 g/mol. The van der Waals surface area contributed by atoms with Gasteiger partial charge in [0.15, 0.2) is 0 Å². The number of benzene rings is 1. The molecule has 1 aromatic rings. The molecule has 2 N–H and O–H groups in total. The third kappa shape index (κ3) is 5.76. The minimum absolute atomic E-state index is 0. The van der Waals surface area contributed by atoms with E-state index in [1.54, 1.807) is 0 Å². The molecule has 24 heavy (non-hydrogen) atoms. The highest BCUT2D eigenvalue weighted by Gasteiger charge is 2.33. The van der Waals surface area contributed by atoms with Crippen LogP contribution in [0.2, 0.25) is 5.02 Å². The van der Waals surface area contributed by atoms with Gasteiger partial charge in [-0.05, 0) is 36.5 Å². The van der Waals surface area contributed by atoms with Crippen molar-refractivity contribution in [3.05, 3.63) is 34.9 Å². The molecule has 3 rings (SSSR count). The Labute approximate surface area is 163 Å². The Kier molecular flexibility index (Phi) is 9.95. The number of aliphatic hydroxyl groups is 1. The normalized spacial score (nSPS) is 26.1. The quantitative estimate of drug-likeness (QED) is 0.815. The lowest BCUT2D eigenvalue weighted by Gasteiger charge is -2.38. The number of piperazine rings is 1. The summed E-state index contributed by atoms with van der Waals surface area (Å²) >= 11 is 6.22. The number of hydrogen-bond donors (Lipinski definition) is 2. The fraction of sp³-hybridized carbons (Fsp3) is 0.667. The molecule has 3 nitrogen and oxygen atoms in total. The number of halogens is 3. The zero-order chi connectivity index (χ0) is 15.4. The van der Waals surface area contributed by atoms with E-state index in [2.05, 4.69) is 22.3 Å². The molecule has 0 radical (unpaired) electrons. The van der Waals surface area contributed by atoms with Gasteiger partial charge < -0.3 is 15.3 Å². The second kappa shape index (κ2) is 10.8. The standard InChI is InChI=1S/C18H27ClN2O.2ClH/c19-15-5-3-4-14(12-15)17(13-21-10-8-20-9-11-21)16-6-1-2-7-18(16)22;;/h3-5,12,16-18,20,22H,1-2,6-11,13H2;2*1H. The molecule has 0 aromatic heterocycles. The van der Waals surface area contributed by atoms with E-state index >= 15 is 0 Å². The van der Waals surface area contributed by atoms with Crippen molar-refractivity contribution in [1.82, 2.24) is 10.2 Å². The molecule has 1 aliphatic carbocycles. The fourth-order valence-electron chi connectivity index (χ4n) is 4.01. The molecule has 1 saturated heterocycles. The Hall–Kier alpha value is -0.0300. The third-order valence-electron chi connectivity index (χ3n) is 5.24. The molecule has 3 unspecified atom stereocenters. The van der Waals surface area contributed by atoms with E-state index in [1.807, 2.05) is 12.1 Å². The van der Waals surface area contributed by atoms with E-state index in [0.717, 1.165) is 57.0 Å². The van der Waals surface area contributed by atoms with Crippen LogP contribution < -0.4 is 5.32 Å². The van der Waals surface area contributed by atoms with Crippen molar-refractivity contribution < 1.29 is 5.11 Å². The minimum atomic E-state index is -0.166. The van der Waals surface area contributed by atoms with Gasteiger partial charge in [-0.15, -0.1) is 24.8 Å². The molecule has 3 atom stereocenters. The van der Waals surface area contributed by atoms with Gasteiger partial charge in [0.25, 0.3) is 0 Å². The maximum Gasteiger partial charge on any atom is 0.0574 e. The van der Waals surface area contributed by atoms with E-state index < -0.39 is 0 Å². The molecule has 1 aromatic carbocycles. The van der Waals surface area contributed by atoms with Gasteiger partial charge in [-0.25, -0.2) is 0 Å². The van der Waals surface area contributed by atoms with Crippen LogP contribution in [0.15, 0.2) is 24.3 Å². The van der Waals surface area contributed by atoms with Crippen LogP contribution in [0.5, 0.6) is 0 Å². The van der Waals surface area contributed by atoms with Crippen LogP contribution in [0.4, 0.5) is 0 Å². The van der Waals surface area contributed by atoms with Crippen molar-refractivity contribution in [3.63, 3.8) is 0 Å². The molecule has 0 spiro atoms. The highest BCUT2D eigenvalue weighted by Crippen LogP contribution is 2.37. The van der Waals surface area contributed by atoms with Gasteiger partial charge in [0.1, 0.15) is 0 Å². The first kappa shape index (κ1) is 22.0. The molecule has 0 bridgehead atoms. The number of nitrogens with zero attached hydrogens (tertiary/aromatic N) is 1. The average Bonchev–Trinajstić information content (AvgIpc) is 2.54. The van der Waals surface area contributed by atoms with Crippen LogP contribution in [-0.2, 0) is 0 Å². The van der Waals surface area contributed by atoms with Crippen molar-refractivity contribution in [2.75, 3.05) is 32.7 Å². The first-order valence-corrected chi connectivity index (χ1v) is 8.98. The summed E-state index contributed by atoms with van der Waals surface area (Å²) in [6.45, 7) is 5.36. The third-order valence-corrected chi connectivity index (χ3v) is 5.47. The molecule has 0 amide bonds. The zero-order valence-electron chi connectivity index (χ0n) is 14.0. The predicted octanol–water partition coefficient (Wildman–Crippen LogP) is 3.72. The van der Waals surface area contributed by atoms with Crippen molar-refractivity contribution in [2.24, 2.45) is 5.92 Å². The van der Waals surface area contributed by atoms with E-state index in [9.17, 15) is 5.11 Å². The topological polar surface area (TPSA) is 35.5 Å². The van der Waals surface area contributed by atoms with Gasteiger partial charge in [0.05, 0.1) is 6.10 Å². The van der Waals surface area contributed by atoms with Crippen molar-refractivity contribution in [1.29, 1.82) is 0 Å². The summed E-state index contributed by atoms with van der Waals surface area (Å²) in [6.07, 6.45) is 4.31. The number of aliphatic hydroxyl groups excluding tert-OH is 1. The van der Waals surface area contributed by atoms with Gasteiger partial charge >= 0.3 is 0 Å². The molecular formula is C18H29Cl3N2O. The van der Waals surface area contributed by atoms with Crippen LogP contribution in [0.3, 0.4) is 0 Å². The van der Waals surface area contributed by atoms with Crippen molar-refractivity contribution in [2.45, 2.75) is 37.7 Å². The lowest BCUT2D eigenvalue weighted by atomic mass is 9.74. The molecule has 1 saturated carbocycles. The molecule has 6 heteroatoms. The van der Waals surface area contributed by atoms with Crippen LogP contribution in [-0.4, -0.2) is 48.8 Å². The molecule has 1 aliphatic heterocycles. The van der Waals surface area contributed by atoms with Gasteiger partial charge in [0.2, 0.25) is 0 Å². The predicted molar refractivity (Wildman–Crippen MR) is 106 cm³/mol. The second-order valence-corrected chi connectivity index (χ2v) is 7.16. The Morgan fingerprint density at radius 3 is 2.54 bits per heavy atom. The summed E-state index contributed by atoms with van der Waals surface area (Å²) in [7, 11) is 0. The van der Waals surface area contributed by atoms with Crippen LogP contribution in [0.25, 0.3) is 0 Å². The van der Waals surface area contributed by atoms with E-state index in [-0.39, 0.29) is 30.9 Å². The van der Waals surface area contributed by atoms with Gasteiger partial charge in [-0.1, -0.05) is 36.6 Å². The summed E-state index contributed by atoms with van der Waals surface area (Å²) in [6, 6.07) is 8.25. The monoisotopic (exact) mass is 394 g/mol. The largest absolute Gasteiger partial charge is 0.393 e. The maximum atomic E-state index is 10.5. The molecule has 138 valence electrons. The van der Waals surface area contributed by atoms with Crippen LogP contribution >= 0.6 is 36.4 Å². The Balaban J connectivity index is 0.00000144. The summed E-state index contributed by atoms with van der Waals surface area (Å²) < 4.78 is 0. The summed E-state index contributed by atoms with van der Waals surface area (Å²) in [4.78, 5) is 2.53. The summed E-state index contributed by atoms with van der Waals surface area (Å²) in [5, 5.41) is 14.7. The maximum absolute atomic E-state index is 10.5. The lowest BCUT2D eigenvalue weighted by molar-refractivity contribution is 0.0448.